The first-order valence-corrected chi connectivity index (χ1v) is 6.75. The standard InChI is InChI=1S/C16H14ClN3/c1-11-8-9-13-14(10-11)18-16(17)19-15(13)20(2)12-6-4-3-5-7-12/h3-10H,1-2H3. The van der Waals surface area contributed by atoms with E-state index in [1.165, 1.54) is 0 Å². The topological polar surface area (TPSA) is 29.0 Å². The number of para-hydroxylation sites is 1. The van der Waals surface area contributed by atoms with Crippen LogP contribution in [0.3, 0.4) is 0 Å². The van der Waals surface area contributed by atoms with E-state index in [0.29, 0.717) is 0 Å². The minimum atomic E-state index is 0.265. The van der Waals surface area contributed by atoms with Gasteiger partial charge in [-0.3, -0.25) is 0 Å². The lowest BCUT2D eigenvalue weighted by Crippen LogP contribution is -2.12. The number of halogens is 1. The van der Waals surface area contributed by atoms with Gasteiger partial charge in [-0.05, 0) is 48.4 Å². The van der Waals surface area contributed by atoms with Crippen LogP contribution in [0.4, 0.5) is 11.5 Å². The Labute approximate surface area is 122 Å². The first-order valence-electron chi connectivity index (χ1n) is 6.38. The van der Waals surface area contributed by atoms with Crippen LogP contribution in [0, 0.1) is 6.92 Å². The van der Waals surface area contributed by atoms with E-state index in [0.717, 1.165) is 28.0 Å². The maximum absolute atomic E-state index is 6.06. The average Bonchev–Trinajstić information content (AvgIpc) is 2.46. The Balaban J connectivity index is 2.20. The van der Waals surface area contributed by atoms with Gasteiger partial charge in [0, 0.05) is 18.1 Å². The molecule has 0 bridgehead atoms. The van der Waals surface area contributed by atoms with Crippen LogP contribution in [0.1, 0.15) is 5.56 Å². The Morgan fingerprint density at radius 3 is 2.50 bits per heavy atom. The summed E-state index contributed by atoms with van der Waals surface area (Å²) in [6.45, 7) is 2.04. The summed E-state index contributed by atoms with van der Waals surface area (Å²) in [5, 5.41) is 1.26. The number of hydrogen-bond acceptors (Lipinski definition) is 3. The molecule has 0 saturated carbocycles. The van der Waals surface area contributed by atoms with Gasteiger partial charge < -0.3 is 4.90 Å². The van der Waals surface area contributed by atoms with Gasteiger partial charge in [0.15, 0.2) is 0 Å². The lowest BCUT2D eigenvalue weighted by molar-refractivity contribution is 1.11. The average molecular weight is 284 g/mol. The quantitative estimate of drug-likeness (QED) is 0.654. The number of anilines is 2. The van der Waals surface area contributed by atoms with Gasteiger partial charge >= 0.3 is 0 Å². The van der Waals surface area contributed by atoms with Gasteiger partial charge in [0.2, 0.25) is 5.28 Å². The first kappa shape index (κ1) is 12.9. The van der Waals surface area contributed by atoms with Crippen molar-refractivity contribution in [1.29, 1.82) is 0 Å². The molecule has 0 saturated heterocycles. The van der Waals surface area contributed by atoms with Crippen molar-refractivity contribution >= 4 is 34.0 Å². The van der Waals surface area contributed by atoms with Gasteiger partial charge in [0.05, 0.1) is 5.52 Å². The second-order valence-corrected chi connectivity index (χ2v) is 5.07. The number of fused-ring (bicyclic) bond motifs is 1. The van der Waals surface area contributed by atoms with E-state index in [-0.39, 0.29) is 5.28 Å². The summed E-state index contributed by atoms with van der Waals surface area (Å²) in [5.41, 5.74) is 3.08. The van der Waals surface area contributed by atoms with Crippen molar-refractivity contribution in [3.8, 4) is 0 Å². The van der Waals surface area contributed by atoms with Gasteiger partial charge in [0.25, 0.3) is 0 Å². The number of nitrogens with zero attached hydrogens (tertiary/aromatic N) is 3. The van der Waals surface area contributed by atoms with Crippen LogP contribution in [0.15, 0.2) is 48.5 Å². The van der Waals surface area contributed by atoms with Gasteiger partial charge in [0.1, 0.15) is 5.82 Å². The second kappa shape index (κ2) is 5.10. The van der Waals surface area contributed by atoms with Gasteiger partial charge in [-0.25, -0.2) is 4.98 Å². The van der Waals surface area contributed by atoms with E-state index in [9.17, 15) is 0 Å². The van der Waals surface area contributed by atoms with Crippen LogP contribution in [-0.4, -0.2) is 17.0 Å². The van der Waals surface area contributed by atoms with Gasteiger partial charge in [-0.1, -0.05) is 24.3 Å². The Morgan fingerprint density at radius 2 is 1.75 bits per heavy atom. The predicted octanol–water partition coefficient (Wildman–Crippen LogP) is 4.36. The fraction of sp³-hybridized carbons (Fsp3) is 0.125. The minimum absolute atomic E-state index is 0.265. The third-order valence-electron chi connectivity index (χ3n) is 3.27. The summed E-state index contributed by atoms with van der Waals surface area (Å²) < 4.78 is 0. The molecule has 0 unspecified atom stereocenters. The normalized spacial score (nSPS) is 10.8. The van der Waals surface area contributed by atoms with Crippen molar-refractivity contribution in [2.75, 3.05) is 11.9 Å². The molecule has 3 nitrogen and oxygen atoms in total. The van der Waals surface area contributed by atoms with Crippen LogP contribution in [0.25, 0.3) is 10.9 Å². The van der Waals surface area contributed by atoms with Gasteiger partial charge in [-0.15, -0.1) is 0 Å². The lowest BCUT2D eigenvalue weighted by atomic mass is 10.1. The van der Waals surface area contributed by atoms with Gasteiger partial charge in [-0.2, -0.15) is 4.98 Å². The maximum atomic E-state index is 6.06. The molecule has 0 aliphatic carbocycles. The van der Waals surface area contributed by atoms with E-state index < -0.39 is 0 Å². The van der Waals surface area contributed by atoms with Crippen molar-refractivity contribution in [2.45, 2.75) is 6.92 Å². The highest BCUT2D eigenvalue weighted by Gasteiger charge is 2.12. The molecule has 0 spiro atoms. The second-order valence-electron chi connectivity index (χ2n) is 4.73. The van der Waals surface area contributed by atoms with Crippen LogP contribution in [0.5, 0.6) is 0 Å². The number of aromatic nitrogens is 2. The van der Waals surface area contributed by atoms with E-state index in [4.69, 9.17) is 11.6 Å². The highest BCUT2D eigenvalue weighted by Crippen LogP contribution is 2.29. The number of aryl methyl sites for hydroxylation is 1. The van der Waals surface area contributed by atoms with Crippen LogP contribution < -0.4 is 4.90 Å². The summed E-state index contributed by atoms with van der Waals surface area (Å²) in [7, 11) is 1.98. The SMILES string of the molecule is Cc1ccc2c(N(C)c3ccccc3)nc(Cl)nc2c1. The molecule has 100 valence electrons. The zero-order chi connectivity index (χ0) is 14.1. The van der Waals surface area contributed by atoms with Crippen LogP contribution >= 0.6 is 11.6 Å². The Morgan fingerprint density at radius 1 is 1.00 bits per heavy atom. The molecule has 0 aliphatic heterocycles. The zero-order valence-electron chi connectivity index (χ0n) is 11.3. The first-order chi connectivity index (χ1) is 9.65. The Hall–Kier alpha value is -2.13. The molecular formula is C16H14ClN3. The largest absolute Gasteiger partial charge is 0.329 e. The molecule has 20 heavy (non-hydrogen) atoms. The maximum Gasteiger partial charge on any atom is 0.224 e. The molecule has 3 rings (SSSR count). The fourth-order valence-corrected chi connectivity index (χ4v) is 2.40. The summed E-state index contributed by atoms with van der Waals surface area (Å²) in [4.78, 5) is 10.7. The number of hydrogen-bond donors (Lipinski definition) is 0. The van der Waals surface area contributed by atoms with Crippen molar-refractivity contribution in [3.05, 3.63) is 59.4 Å². The van der Waals surface area contributed by atoms with Crippen molar-refractivity contribution < 1.29 is 0 Å². The molecule has 0 N–H and O–H groups in total. The summed E-state index contributed by atoms with van der Waals surface area (Å²) in [5.74, 6) is 0.811. The third-order valence-corrected chi connectivity index (χ3v) is 3.44. The predicted molar refractivity (Wildman–Crippen MR) is 83.8 cm³/mol. The van der Waals surface area contributed by atoms with Crippen molar-refractivity contribution in [2.24, 2.45) is 0 Å². The van der Waals surface area contributed by atoms with Crippen molar-refractivity contribution in [3.63, 3.8) is 0 Å². The molecule has 1 heterocycles. The molecule has 2 aromatic carbocycles. The third kappa shape index (κ3) is 2.32. The molecule has 1 aromatic heterocycles. The van der Waals surface area contributed by atoms with E-state index >= 15 is 0 Å². The molecule has 4 heteroatoms. The van der Waals surface area contributed by atoms with Crippen LogP contribution in [-0.2, 0) is 0 Å². The Kier molecular flexibility index (Phi) is 3.28. The zero-order valence-corrected chi connectivity index (χ0v) is 12.1. The molecule has 0 radical (unpaired) electrons. The molecule has 3 aromatic rings. The molecular weight excluding hydrogens is 270 g/mol. The smallest absolute Gasteiger partial charge is 0.224 e. The lowest BCUT2D eigenvalue weighted by Gasteiger charge is -2.20. The van der Waals surface area contributed by atoms with E-state index in [2.05, 4.69) is 16.0 Å². The summed E-state index contributed by atoms with van der Waals surface area (Å²) in [6, 6.07) is 16.2. The minimum Gasteiger partial charge on any atom is -0.329 e. The number of benzene rings is 2. The van der Waals surface area contributed by atoms with Crippen molar-refractivity contribution in [1.82, 2.24) is 9.97 Å². The van der Waals surface area contributed by atoms with Crippen LogP contribution in [0.2, 0.25) is 5.28 Å². The monoisotopic (exact) mass is 283 g/mol. The molecule has 0 aliphatic rings. The molecule has 0 amide bonds. The molecule has 0 atom stereocenters. The molecule has 0 fully saturated rings. The summed E-state index contributed by atoms with van der Waals surface area (Å²) >= 11 is 6.06. The fourth-order valence-electron chi connectivity index (χ4n) is 2.22. The highest BCUT2D eigenvalue weighted by atomic mass is 35.5. The van der Waals surface area contributed by atoms with E-state index in [1.54, 1.807) is 0 Å². The summed E-state index contributed by atoms with van der Waals surface area (Å²) in [6.07, 6.45) is 0. The highest BCUT2D eigenvalue weighted by molar-refractivity contribution is 6.28. The number of rotatable bonds is 2. The van der Waals surface area contributed by atoms with E-state index in [1.807, 2.05) is 61.3 Å². The Bertz CT molecular complexity index is 751.